The van der Waals surface area contributed by atoms with E-state index in [1.807, 2.05) is 0 Å². The molecule has 94 valence electrons. The summed E-state index contributed by atoms with van der Waals surface area (Å²) in [4.78, 5) is 2.65. The first-order valence-electron chi connectivity index (χ1n) is 7.26. The van der Waals surface area contributed by atoms with Crippen molar-refractivity contribution in [3.05, 3.63) is 0 Å². The van der Waals surface area contributed by atoms with Crippen LogP contribution in [0.25, 0.3) is 0 Å². The SMILES string of the molecule is CCC1CCCCCN1C1CCCCC1O. The van der Waals surface area contributed by atoms with E-state index in [1.54, 1.807) is 0 Å². The van der Waals surface area contributed by atoms with E-state index in [-0.39, 0.29) is 6.10 Å². The fraction of sp³-hybridized carbons (Fsp3) is 1.00. The third-order valence-electron chi connectivity index (χ3n) is 4.51. The van der Waals surface area contributed by atoms with Crippen molar-refractivity contribution >= 4 is 0 Å². The fourth-order valence-corrected chi connectivity index (χ4v) is 3.55. The number of aliphatic hydroxyl groups is 1. The van der Waals surface area contributed by atoms with Crippen molar-refractivity contribution in [3.63, 3.8) is 0 Å². The van der Waals surface area contributed by atoms with E-state index in [4.69, 9.17) is 0 Å². The number of aliphatic hydroxyl groups excluding tert-OH is 1. The molecule has 1 heterocycles. The topological polar surface area (TPSA) is 23.5 Å². The van der Waals surface area contributed by atoms with E-state index in [1.165, 1.54) is 57.9 Å². The average molecular weight is 225 g/mol. The van der Waals surface area contributed by atoms with Crippen LogP contribution in [-0.2, 0) is 0 Å². The second-order valence-electron chi connectivity index (χ2n) is 5.57. The van der Waals surface area contributed by atoms with Crippen molar-refractivity contribution < 1.29 is 5.11 Å². The summed E-state index contributed by atoms with van der Waals surface area (Å²) in [7, 11) is 0. The highest BCUT2D eigenvalue weighted by Crippen LogP contribution is 2.29. The fourth-order valence-electron chi connectivity index (χ4n) is 3.55. The zero-order chi connectivity index (χ0) is 11.4. The Labute approximate surface area is 100 Å². The van der Waals surface area contributed by atoms with Gasteiger partial charge in [0.15, 0.2) is 0 Å². The normalized spacial score (nSPS) is 38.2. The van der Waals surface area contributed by atoms with Crippen LogP contribution in [0.4, 0.5) is 0 Å². The molecule has 0 aromatic rings. The number of hydrogen-bond acceptors (Lipinski definition) is 2. The maximum Gasteiger partial charge on any atom is 0.0695 e. The molecule has 2 heteroatoms. The maximum absolute atomic E-state index is 10.2. The Morgan fingerprint density at radius 1 is 1.00 bits per heavy atom. The molecule has 0 spiro atoms. The van der Waals surface area contributed by atoms with Gasteiger partial charge in [0.05, 0.1) is 6.10 Å². The van der Waals surface area contributed by atoms with E-state index in [9.17, 15) is 5.11 Å². The van der Waals surface area contributed by atoms with Gasteiger partial charge in [-0.25, -0.2) is 0 Å². The lowest BCUT2D eigenvalue weighted by molar-refractivity contribution is -0.00147. The van der Waals surface area contributed by atoms with Gasteiger partial charge in [0.25, 0.3) is 0 Å². The molecule has 0 aromatic carbocycles. The third kappa shape index (κ3) is 2.78. The molecule has 3 atom stereocenters. The average Bonchev–Trinajstić information content (AvgIpc) is 2.54. The summed E-state index contributed by atoms with van der Waals surface area (Å²) >= 11 is 0. The Bertz CT molecular complexity index is 207. The molecule has 1 aliphatic carbocycles. The number of nitrogens with zero attached hydrogens (tertiary/aromatic N) is 1. The largest absolute Gasteiger partial charge is 0.391 e. The van der Waals surface area contributed by atoms with Gasteiger partial charge in [-0.15, -0.1) is 0 Å². The summed E-state index contributed by atoms with van der Waals surface area (Å²) in [5.74, 6) is 0. The molecule has 1 N–H and O–H groups in total. The molecular weight excluding hydrogens is 198 g/mol. The molecule has 1 saturated carbocycles. The molecule has 1 aliphatic heterocycles. The van der Waals surface area contributed by atoms with Crippen LogP contribution in [0.5, 0.6) is 0 Å². The van der Waals surface area contributed by atoms with Crippen molar-refractivity contribution in [2.45, 2.75) is 82.9 Å². The quantitative estimate of drug-likeness (QED) is 0.781. The molecule has 2 rings (SSSR count). The lowest BCUT2D eigenvalue weighted by Crippen LogP contribution is -2.50. The summed E-state index contributed by atoms with van der Waals surface area (Å²) in [6.45, 7) is 3.53. The van der Waals surface area contributed by atoms with Gasteiger partial charge in [0.2, 0.25) is 0 Å². The van der Waals surface area contributed by atoms with Gasteiger partial charge < -0.3 is 5.11 Å². The van der Waals surface area contributed by atoms with Crippen LogP contribution in [0, 0.1) is 0 Å². The third-order valence-corrected chi connectivity index (χ3v) is 4.51. The number of rotatable bonds is 2. The van der Waals surface area contributed by atoms with Crippen molar-refractivity contribution in [1.82, 2.24) is 4.90 Å². The van der Waals surface area contributed by atoms with Gasteiger partial charge in [-0.3, -0.25) is 4.90 Å². The van der Waals surface area contributed by atoms with Crippen molar-refractivity contribution in [2.75, 3.05) is 6.54 Å². The summed E-state index contributed by atoms with van der Waals surface area (Å²) < 4.78 is 0. The molecule has 0 amide bonds. The van der Waals surface area contributed by atoms with Gasteiger partial charge in [0.1, 0.15) is 0 Å². The first-order chi connectivity index (χ1) is 7.83. The molecule has 0 aromatic heterocycles. The standard InChI is InChI=1S/C14H27NO/c1-2-12-8-4-3-7-11-15(12)13-9-5-6-10-14(13)16/h12-14,16H,2-11H2,1H3. The van der Waals surface area contributed by atoms with Crippen LogP contribution >= 0.6 is 0 Å². The van der Waals surface area contributed by atoms with Gasteiger partial charge >= 0.3 is 0 Å². The number of hydrogen-bond donors (Lipinski definition) is 1. The number of likely N-dealkylation sites (tertiary alicyclic amines) is 1. The highest BCUT2D eigenvalue weighted by atomic mass is 16.3. The highest BCUT2D eigenvalue weighted by Gasteiger charge is 2.32. The molecule has 0 radical (unpaired) electrons. The smallest absolute Gasteiger partial charge is 0.0695 e. The Morgan fingerprint density at radius 2 is 1.75 bits per heavy atom. The zero-order valence-electron chi connectivity index (χ0n) is 10.7. The van der Waals surface area contributed by atoms with Crippen molar-refractivity contribution in [3.8, 4) is 0 Å². The predicted octanol–water partition coefficient (Wildman–Crippen LogP) is 2.94. The molecule has 3 unspecified atom stereocenters. The van der Waals surface area contributed by atoms with Crippen LogP contribution in [-0.4, -0.2) is 34.7 Å². The van der Waals surface area contributed by atoms with E-state index < -0.39 is 0 Å². The van der Waals surface area contributed by atoms with Crippen molar-refractivity contribution in [1.29, 1.82) is 0 Å². The van der Waals surface area contributed by atoms with Crippen LogP contribution in [0.1, 0.15) is 64.7 Å². The first-order valence-corrected chi connectivity index (χ1v) is 7.26. The Morgan fingerprint density at radius 3 is 2.50 bits per heavy atom. The molecule has 2 aliphatic rings. The predicted molar refractivity (Wildman–Crippen MR) is 67.5 cm³/mol. The minimum atomic E-state index is -0.0547. The van der Waals surface area contributed by atoms with Gasteiger partial charge in [-0.1, -0.05) is 32.6 Å². The minimum Gasteiger partial charge on any atom is -0.391 e. The molecular formula is C14H27NO. The molecule has 1 saturated heterocycles. The summed E-state index contributed by atoms with van der Waals surface area (Å²) in [5.41, 5.74) is 0. The van der Waals surface area contributed by atoms with E-state index in [2.05, 4.69) is 11.8 Å². The van der Waals surface area contributed by atoms with Gasteiger partial charge in [-0.2, -0.15) is 0 Å². The second-order valence-corrected chi connectivity index (χ2v) is 5.57. The summed E-state index contributed by atoms with van der Waals surface area (Å²) in [6.07, 6.45) is 11.4. The molecule has 2 fully saturated rings. The minimum absolute atomic E-state index is 0.0547. The highest BCUT2D eigenvalue weighted by molar-refractivity contribution is 4.87. The second kappa shape index (κ2) is 6.02. The summed E-state index contributed by atoms with van der Waals surface area (Å²) in [6, 6.07) is 1.21. The summed E-state index contributed by atoms with van der Waals surface area (Å²) in [5, 5.41) is 10.2. The molecule has 2 nitrogen and oxygen atoms in total. The van der Waals surface area contributed by atoms with E-state index >= 15 is 0 Å². The lowest BCUT2D eigenvalue weighted by Gasteiger charge is -2.41. The maximum atomic E-state index is 10.2. The Kier molecular flexibility index (Phi) is 4.66. The van der Waals surface area contributed by atoms with E-state index in [0.717, 1.165) is 12.5 Å². The van der Waals surface area contributed by atoms with Crippen LogP contribution < -0.4 is 0 Å². The van der Waals surface area contributed by atoms with E-state index in [0.29, 0.717) is 6.04 Å². The molecule has 0 bridgehead atoms. The monoisotopic (exact) mass is 225 g/mol. The zero-order valence-corrected chi connectivity index (χ0v) is 10.7. The Balaban J connectivity index is 2.02. The first kappa shape index (κ1) is 12.4. The van der Waals surface area contributed by atoms with Crippen LogP contribution in [0.2, 0.25) is 0 Å². The Hall–Kier alpha value is -0.0800. The van der Waals surface area contributed by atoms with Gasteiger partial charge in [0, 0.05) is 12.1 Å². The van der Waals surface area contributed by atoms with Crippen LogP contribution in [0.3, 0.4) is 0 Å². The lowest BCUT2D eigenvalue weighted by atomic mass is 9.90. The van der Waals surface area contributed by atoms with Crippen LogP contribution in [0.15, 0.2) is 0 Å². The molecule has 16 heavy (non-hydrogen) atoms. The van der Waals surface area contributed by atoms with Gasteiger partial charge in [-0.05, 0) is 38.6 Å². The van der Waals surface area contributed by atoms with Crippen molar-refractivity contribution in [2.24, 2.45) is 0 Å².